The van der Waals surface area contributed by atoms with E-state index in [2.05, 4.69) is 10.3 Å². The number of aliphatic hydroxyl groups is 1. The van der Waals surface area contributed by atoms with Crippen LogP contribution in [-0.4, -0.2) is 60.4 Å². The fourth-order valence-corrected chi connectivity index (χ4v) is 2.64. The minimum atomic E-state index is -0.884. The van der Waals surface area contributed by atoms with Crippen LogP contribution in [-0.2, 0) is 4.74 Å². The highest BCUT2D eigenvalue weighted by Crippen LogP contribution is 2.23. The van der Waals surface area contributed by atoms with Crippen molar-refractivity contribution in [2.45, 2.75) is 18.4 Å². The Labute approximate surface area is 129 Å². The molecule has 6 nitrogen and oxygen atoms in total. The first kappa shape index (κ1) is 16.0. The van der Waals surface area contributed by atoms with E-state index in [1.807, 2.05) is 0 Å². The number of pyridine rings is 1. The van der Waals surface area contributed by atoms with Crippen molar-refractivity contribution < 1.29 is 14.6 Å². The van der Waals surface area contributed by atoms with Gasteiger partial charge < -0.3 is 20.1 Å². The maximum absolute atomic E-state index is 12.4. The van der Waals surface area contributed by atoms with E-state index in [1.165, 1.54) is 11.1 Å². The van der Waals surface area contributed by atoms with Crippen molar-refractivity contribution in [2.75, 3.05) is 39.2 Å². The van der Waals surface area contributed by atoms with Crippen LogP contribution in [0.15, 0.2) is 12.3 Å². The van der Waals surface area contributed by atoms with Crippen LogP contribution in [0.1, 0.15) is 23.2 Å². The molecule has 0 unspecified atom stereocenters. The molecule has 21 heavy (non-hydrogen) atoms. The molecule has 116 valence electrons. The van der Waals surface area contributed by atoms with Crippen molar-refractivity contribution >= 4 is 23.3 Å². The van der Waals surface area contributed by atoms with Crippen molar-refractivity contribution in [2.24, 2.45) is 0 Å². The number of halogens is 1. The molecule has 0 aromatic carbocycles. The number of nitrogens with zero attached hydrogens (tertiary/aromatic N) is 2. The second kappa shape index (κ2) is 6.60. The molecule has 7 heteroatoms. The Morgan fingerprint density at radius 1 is 1.57 bits per heavy atom. The van der Waals surface area contributed by atoms with E-state index in [0.717, 1.165) is 0 Å². The predicted octanol–water partition coefficient (Wildman–Crippen LogP) is 1.39. The number of carbonyl (C=O) groups excluding carboxylic acids is 1. The number of aromatic nitrogens is 1. The van der Waals surface area contributed by atoms with Gasteiger partial charge in [0.2, 0.25) is 0 Å². The van der Waals surface area contributed by atoms with E-state index in [0.29, 0.717) is 42.5 Å². The smallest absolute Gasteiger partial charge is 0.255 e. The second-order valence-electron chi connectivity index (χ2n) is 5.30. The molecule has 2 rings (SSSR count). The Morgan fingerprint density at radius 3 is 2.81 bits per heavy atom. The SMILES string of the molecule is CNc1ncc(C(=O)N(C)CC2(O)CCOCC2)cc1Cl. The first-order valence-electron chi connectivity index (χ1n) is 6.84. The fourth-order valence-electron chi connectivity index (χ4n) is 2.38. The van der Waals surface area contributed by atoms with Gasteiger partial charge in [0.1, 0.15) is 5.82 Å². The lowest BCUT2D eigenvalue weighted by atomic mass is 9.94. The van der Waals surface area contributed by atoms with E-state index in [1.54, 1.807) is 20.2 Å². The molecule has 1 saturated heterocycles. The molecule has 1 aliphatic heterocycles. The van der Waals surface area contributed by atoms with Crippen molar-refractivity contribution in [3.05, 3.63) is 22.8 Å². The van der Waals surface area contributed by atoms with Crippen LogP contribution in [0.25, 0.3) is 0 Å². The standard InChI is InChI=1S/C14H20ClN3O3/c1-16-12-11(15)7-10(8-17-12)13(19)18(2)9-14(20)3-5-21-6-4-14/h7-8,20H,3-6,9H2,1-2H3,(H,16,17). The van der Waals surface area contributed by atoms with E-state index in [9.17, 15) is 9.90 Å². The van der Waals surface area contributed by atoms with Gasteiger partial charge in [-0.2, -0.15) is 0 Å². The molecule has 0 saturated carbocycles. The summed E-state index contributed by atoms with van der Waals surface area (Å²) >= 11 is 6.04. The first-order valence-corrected chi connectivity index (χ1v) is 7.22. The van der Waals surface area contributed by atoms with Crippen molar-refractivity contribution in [1.29, 1.82) is 0 Å². The van der Waals surface area contributed by atoms with Gasteiger partial charge in [-0.25, -0.2) is 4.98 Å². The molecule has 0 bridgehead atoms. The number of ether oxygens (including phenoxy) is 1. The molecule has 1 aromatic rings. The fraction of sp³-hybridized carbons (Fsp3) is 0.571. The van der Waals surface area contributed by atoms with Crippen LogP contribution in [0.3, 0.4) is 0 Å². The molecule has 1 fully saturated rings. The van der Waals surface area contributed by atoms with Gasteiger partial charge in [0.25, 0.3) is 5.91 Å². The van der Waals surface area contributed by atoms with Gasteiger partial charge >= 0.3 is 0 Å². The summed E-state index contributed by atoms with van der Waals surface area (Å²) in [6.45, 7) is 1.30. The Bertz CT molecular complexity index is 518. The largest absolute Gasteiger partial charge is 0.388 e. The molecule has 0 aliphatic carbocycles. The quantitative estimate of drug-likeness (QED) is 0.878. The Morgan fingerprint density at radius 2 is 2.24 bits per heavy atom. The summed E-state index contributed by atoms with van der Waals surface area (Å²) in [7, 11) is 3.37. The van der Waals surface area contributed by atoms with E-state index >= 15 is 0 Å². The van der Waals surface area contributed by atoms with Crippen molar-refractivity contribution in [1.82, 2.24) is 9.88 Å². The lowest BCUT2D eigenvalue weighted by Crippen LogP contribution is -2.47. The lowest BCUT2D eigenvalue weighted by molar-refractivity contribution is -0.0734. The summed E-state index contributed by atoms with van der Waals surface area (Å²) in [4.78, 5) is 18.0. The summed E-state index contributed by atoms with van der Waals surface area (Å²) < 4.78 is 5.24. The summed E-state index contributed by atoms with van der Waals surface area (Å²) in [6.07, 6.45) is 2.54. The highest BCUT2D eigenvalue weighted by atomic mass is 35.5. The number of carbonyl (C=O) groups is 1. The van der Waals surface area contributed by atoms with Gasteiger partial charge in [-0.05, 0) is 6.07 Å². The van der Waals surface area contributed by atoms with Gasteiger partial charge in [0.15, 0.2) is 0 Å². The number of hydrogen-bond donors (Lipinski definition) is 2. The average Bonchev–Trinajstić information content (AvgIpc) is 2.46. The van der Waals surface area contributed by atoms with Crippen LogP contribution >= 0.6 is 11.6 Å². The van der Waals surface area contributed by atoms with E-state index in [4.69, 9.17) is 16.3 Å². The highest BCUT2D eigenvalue weighted by Gasteiger charge is 2.32. The lowest BCUT2D eigenvalue weighted by Gasteiger charge is -2.35. The van der Waals surface area contributed by atoms with Crippen LogP contribution < -0.4 is 5.32 Å². The Hall–Kier alpha value is -1.37. The molecule has 1 aliphatic rings. The predicted molar refractivity (Wildman–Crippen MR) is 80.8 cm³/mol. The topological polar surface area (TPSA) is 74.7 Å². The number of rotatable bonds is 4. The summed E-state index contributed by atoms with van der Waals surface area (Å²) in [5.41, 5.74) is -0.484. The van der Waals surface area contributed by atoms with Gasteiger partial charge in [-0.1, -0.05) is 11.6 Å². The van der Waals surface area contributed by atoms with Gasteiger partial charge in [0, 0.05) is 52.9 Å². The first-order chi connectivity index (χ1) is 9.95. The number of nitrogens with one attached hydrogen (secondary N) is 1. The van der Waals surface area contributed by atoms with Gasteiger partial charge in [0.05, 0.1) is 16.2 Å². The third-order valence-electron chi connectivity index (χ3n) is 3.63. The number of anilines is 1. The van der Waals surface area contributed by atoms with Crippen LogP contribution in [0.2, 0.25) is 5.02 Å². The van der Waals surface area contributed by atoms with Gasteiger partial charge in [-0.15, -0.1) is 0 Å². The number of likely N-dealkylation sites (N-methyl/N-ethyl adjacent to an activating group) is 1. The van der Waals surface area contributed by atoms with Gasteiger partial charge in [-0.3, -0.25) is 4.79 Å². The highest BCUT2D eigenvalue weighted by molar-refractivity contribution is 6.33. The Balaban J connectivity index is 2.06. The minimum Gasteiger partial charge on any atom is -0.388 e. The Kier molecular flexibility index (Phi) is 5.03. The third-order valence-corrected chi connectivity index (χ3v) is 3.91. The third kappa shape index (κ3) is 3.84. The molecular formula is C14H20ClN3O3. The zero-order valence-corrected chi connectivity index (χ0v) is 13.0. The maximum atomic E-state index is 12.4. The molecular weight excluding hydrogens is 294 g/mol. The summed E-state index contributed by atoms with van der Waals surface area (Å²) in [5.74, 6) is 0.311. The molecule has 0 atom stereocenters. The molecule has 0 spiro atoms. The van der Waals surface area contributed by atoms with Crippen LogP contribution in [0, 0.1) is 0 Å². The molecule has 1 aromatic heterocycles. The molecule has 2 N–H and O–H groups in total. The monoisotopic (exact) mass is 313 g/mol. The molecule has 1 amide bonds. The van der Waals surface area contributed by atoms with E-state index in [-0.39, 0.29) is 12.5 Å². The number of hydrogen-bond acceptors (Lipinski definition) is 5. The maximum Gasteiger partial charge on any atom is 0.255 e. The molecule has 0 radical (unpaired) electrons. The zero-order valence-electron chi connectivity index (χ0n) is 12.2. The van der Waals surface area contributed by atoms with Crippen molar-refractivity contribution in [3.8, 4) is 0 Å². The van der Waals surface area contributed by atoms with Crippen LogP contribution in [0.5, 0.6) is 0 Å². The zero-order chi connectivity index (χ0) is 15.5. The minimum absolute atomic E-state index is 0.216. The second-order valence-corrected chi connectivity index (χ2v) is 5.71. The normalized spacial score (nSPS) is 17.3. The van der Waals surface area contributed by atoms with Crippen LogP contribution in [0.4, 0.5) is 5.82 Å². The summed E-state index contributed by atoms with van der Waals surface area (Å²) in [6, 6.07) is 1.58. The van der Waals surface area contributed by atoms with Crippen molar-refractivity contribution in [3.63, 3.8) is 0 Å². The molecule has 2 heterocycles. The summed E-state index contributed by atoms with van der Waals surface area (Å²) in [5, 5.41) is 13.7. The van der Waals surface area contributed by atoms with E-state index < -0.39 is 5.60 Å². The average molecular weight is 314 g/mol. The number of amides is 1.